The van der Waals surface area contributed by atoms with Gasteiger partial charge in [0.25, 0.3) is 5.91 Å². The van der Waals surface area contributed by atoms with Crippen molar-refractivity contribution in [2.45, 2.75) is 12.8 Å². The van der Waals surface area contributed by atoms with Crippen molar-refractivity contribution in [1.82, 2.24) is 10.2 Å². The number of rotatable bonds is 2. The third-order valence-electron chi connectivity index (χ3n) is 3.72. The normalized spacial score (nSPS) is 15.9. The molecule has 1 fully saturated rings. The lowest BCUT2D eigenvalue weighted by Crippen LogP contribution is -2.42. The smallest absolute Gasteiger partial charge is 0.255 e. The fourth-order valence-corrected chi connectivity index (χ4v) is 2.93. The second-order valence-corrected chi connectivity index (χ2v) is 5.89. The molecular weight excluding hydrogens is 341 g/mol. The molecule has 0 aliphatic carbocycles. The number of carbonyl (C=O) groups excluding carboxylic acids is 2. The maximum Gasteiger partial charge on any atom is 0.255 e. The lowest BCUT2D eigenvalue weighted by molar-refractivity contribution is -0.125. The highest BCUT2D eigenvalue weighted by molar-refractivity contribution is 9.10. The quantitative estimate of drug-likeness (QED) is 0.792. The maximum atomic E-state index is 13.3. The van der Waals surface area contributed by atoms with Crippen LogP contribution in [0.4, 0.5) is 10.1 Å². The number of piperidine rings is 1. The number of halogens is 2. The molecule has 1 saturated heterocycles. The van der Waals surface area contributed by atoms with Gasteiger partial charge in [-0.3, -0.25) is 9.59 Å². The lowest BCUT2D eigenvalue weighted by Gasteiger charge is -2.31. The molecule has 2 rings (SSSR count). The number of nitrogens with two attached hydrogens (primary N) is 1. The van der Waals surface area contributed by atoms with Crippen molar-refractivity contribution in [3.8, 4) is 0 Å². The van der Waals surface area contributed by atoms with Gasteiger partial charge >= 0.3 is 0 Å². The molecule has 0 unspecified atom stereocenters. The van der Waals surface area contributed by atoms with Crippen LogP contribution in [0.5, 0.6) is 0 Å². The van der Waals surface area contributed by atoms with Crippen LogP contribution >= 0.6 is 15.9 Å². The molecule has 1 aromatic rings. The number of nitrogens with zero attached hydrogens (tertiary/aromatic N) is 1. The molecule has 0 atom stereocenters. The zero-order valence-electron chi connectivity index (χ0n) is 11.7. The van der Waals surface area contributed by atoms with Gasteiger partial charge in [-0.05, 0) is 40.9 Å². The second-order valence-electron chi connectivity index (χ2n) is 5.03. The van der Waals surface area contributed by atoms with Crippen molar-refractivity contribution in [3.05, 3.63) is 28.0 Å². The van der Waals surface area contributed by atoms with Crippen LogP contribution in [0, 0.1) is 11.7 Å². The predicted molar refractivity (Wildman–Crippen MR) is 81.2 cm³/mol. The Kier molecular flexibility index (Phi) is 4.82. The van der Waals surface area contributed by atoms with Crippen molar-refractivity contribution in [3.63, 3.8) is 0 Å². The van der Waals surface area contributed by atoms with E-state index in [0.717, 1.165) is 0 Å². The van der Waals surface area contributed by atoms with E-state index in [9.17, 15) is 14.0 Å². The van der Waals surface area contributed by atoms with E-state index in [-0.39, 0.29) is 23.4 Å². The summed E-state index contributed by atoms with van der Waals surface area (Å²) in [5, 5.41) is 2.63. The molecule has 0 radical (unpaired) electrons. The highest BCUT2D eigenvalue weighted by Gasteiger charge is 2.28. The van der Waals surface area contributed by atoms with Crippen molar-refractivity contribution < 1.29 is 14.0 Å². The third kappa shape index (κ3) is 3.34. The molecule has 1 aliphatic rings. The highest BCUT2D eigenvalue weighted by Crippen LogP contribution is 2.26. The fraction of sp³-hybridized carbons (Fsp3) is 0.429. The van der Waals surface area contributed by atoms with Crippen LogP contribution in [0.3, 0.4) is 0 Å². The van der Waals surface area contributed by atoms with Crippen LogP contribution in [0.2, 0.25) is 0 Å². The Morgan fingerprint density at radius 2 is 2.00 bits per heavy atom. The van der Waals surface area contributed by atoms with Crippen LogP contribution in [-0.4, -0.2) is 36.9 Å². The average Bonchev–Trinajstić information content (AvgIpc) is 2.49. The number of hydrogen-bond donors (Lipinski definition) is 2. The molecule has 1 aliphatic heterocycles. The van der Waals surface area contributed by atoms with Crippen molar-refractivity contribution in [1.29, 1.82) is 0 Å². The zero-order chi connectivity index (χ0) is 15.6. The number of amides is 2. The largest absolute Gasteiger partial charge is 0.396 e. The maximum absolute atomic E-state index is 13.3. The van der Waals surface area contributed by atoms with E-state index in [4.69, 9.17) is 5.73 Å². The molecule has 2 amide bonds. The molecule has 5 nitrogen and oxygen atoms in total. The number of carbonyl (C=O) groups is 2. The van der Waals surface area contributed by atoms with Gasteiger partial charge < -0.3 is 16.0 Å². The molecule has 0 spiro atoms. The molecular formula is C14H17BrFN3O2. The van der Waals surface area contributed by atoms with Gasteiger partial charge in [-0.15, -0.1) is 0 Å². The Hall–Kier alpha value is -1.63. The van der Waals surface area contributed by atoms with Crippen LogP contribution in [0.1, 0.15) is 23.2 Å². The Morgan fingerprint density at radius 1 is 1.38 bits per heavy atom. The number of anilines is 1. The molecule has 1 aromatic carbocycles. The van der Waals surface area contributed by atoms with E-state index in [0.29, 0.717) is 36.0 Å². The van der Waals surface area contributed by atoms with Gasteiger partial charge in [0, 0.05) is 30.5 Å². The topological polar surface area (TPSA) is 75.4 Å². The average molecular weight is 358 g/mol. The summed E-state index contributed by atoms with van der Waals surface area (Å²) in [5.41, 5.74) is 5.80. The Labute approximate surface area is 130 Å². The van der Waals surface area contributed by atoms with Crippen LogP contribution in [0.15, 0.2) is 16.6 Å². The van der Waals surface area contributed by atoms with E-state index < -0.39 is 5.82 Å². The molecule has 0 saturated carbocycles. The first kappa shape index (κ1) is 15.8. The van der Waals surface area contributed by atoms with E-state index in [1.807, 2.05) is 0 Å². The monoisotopic (exact) mass is 357 g/mol. The summed E-state index contributed by atoms with van der Waals surface area (Å²) in [6, 6.07) is 2.53. The highest BCUT2D eigenvalue weighted by atomic mass is 79.9. The lowest BCUT2D eigenvalue weighted by atomic mass is 9.95. The van der Waals surface area contributed by atoms with E-state index in [1.165, 1.54) is 12.1 Å². The minimum absolute atomic E-state index is 0.00862. The van der Waals surface area contributed by atoms with E-state index in [1.54, 1.807) is 11.9 Å². The molecule has 114 valence electrons. The van der Waals surface area contributed by atoms with Gasteiger partial charge in [0.05, 0.1) is 11.3 Å². The molecule has 1 heterocycles. The standard InChI is InChI=1S/C14H17BrFN3O2/c1-18-13(20)8-2-4-19(5-3-8)14(21)9-6-12(17)11(16)7-10(9)15/h6-8H,2-5,17H2,1H3,(H,18,20). The van der Waals surface area contributed by atoms with Gasteiger partial charge in [-0.25, -0.2) is 4.39 Å². The van der Waals surface area contributed by atoms with Gasteiger partial charge in [-0.2, -0.15) is 0 Å². The SMILES string of the molecule is CNC(=O)C1CCN(C(=O)c2cc(N)c(F)cc2Br)CC1. The molecule has 3 N–H and O–H groups in total. The number of nitrogens with one attached hydrogen (secondary N) is 1. The second kappa shape index (κ2) is 6.43. The van der Waals surface area contributed by atoms with Crippen LogP contribution < -0.4 is 11.1 Å². The van der Waals surface area contributed by atoms with Gasteiger partial charge in [0.1, 0.15) is 5.82 Å². The van der Waals surface area contributed by atoms with Crippen molar-refractivity contribution in [2.24, 2.45) is 5.92 Å². The minimum atomic E-state index is -0.559. The Bertz CT molecular complexity index is 572. The predicted octanol–water partition coefficient (Wildman–Crippen LogP) is 1.77. The first-order valence-corrected chi connectivity index (χ1v) is 7.48. The van der Waals surface area contributed by atoms with Crippen LogP contribution in [-0.2, 0) is 4.79 Å². The molecule has 21 heavy (non-hydrogen) atoms. The van der Waals surface area contributed by atoms with Gasteiger partial charge in [0.15, 0.2) is 0 Å². The summed E-state index contributed by atoms with van der Waals surface area (Å²) in [7, 11) is 1.61. The fourth-order valence-electron chi connectivity index (χ4n) is 2.45. The minimum Gasteiger partial charge on any atom is -0.396 e. The van der Waals surface area contributed by atoms with E-state index in [2.05, 4.69) is 21.2 Å². The number of nitrogen functional groups attached to an aromatic ring is 1. The summed E-state index contributed by atoms with van der Waals surface area (Å²) < 4.78 is 13.7. The Morgan fingerprint density at radius 3 is 2.57 bits per heavy atom. The summed E-state index contributed by atoms with van der Waals surface area (Å²) in [6.07, 6.45) is 1.25. The first-order chi connectivity index (χ1) is 9.93. The molecule has 0 bridgehead atoms. The van der Waals surface area contributed by atoms with Gasteiger partial charge in [-0.1, -0.05) is 0 Å². The molecule has 7 heteroatoms. The van der Waals surface area contributed by atoms with Crippen molar-refractivity contribution in [2.75, 3.05) is 25.9 Å². The van der Waals surface area contributed by atoms with E-state index >= 15 is 0 Å². The Balaban J connectivity index is 2.09. The summed E-state index contributed by atoms with van der Waals surface area (Å²) in [4.78, 5) is 25.7. The summed E-state index contributed by atoms with van der Waals surface area (Å²) >= 11 is 3.19. The van der Waals surface area contributed by atoms with Gasteiger partial charge in [0.2, 0.25) is 5.91 Å². The first-order valence-electron chi connectivity index (χ1n) is 6.69. The number of benzene rings is 1. The molecule has 0 aromatic heterocycles. The summed E-state index contributed by atoms with van der Waals surface area (Å²) in [6.45, 7) is 1.00. The number of hydrogen-bond acceptors (Lipinski definition) is 3. The van der Waals surface area contributed by atoms with Crippen molar-refractivity contribution >= 4 is 33.4 Å². The summed E-state index contributed by atoms with van der Waals surface area (Å²) in [5.74, 6) is -0.809. The number of likely N-dealkylation sites (tertiary alicyclic amines) is 1. The van der Waals surface area contributed by atoms with Crippen LogP contribution in [0.25, 0.3) is 0 Å². The third-order valence-corrected chi connectivity index (χ3v) is 4.37. The zero-order valence-corrected chi connectivity index (χ0v) is 13.2.